The van der Waals surface area contributed by atoms with E-state index in [1.165, 1.54) is 69.2 Å². The second kappa shape index (κ2) is 9.16. The first-order valence-electron chi connectivity index (χ1n) is 10.3. The Bertz CT molecular complexity index is 533. The number of likely N-dealkylation sites (tertiary alicyclic amines) is 1. The standard InChI is InChI=1S/C22H35NO2/c1-3-4-5-6-7-10-15-23-16-11-14-22(18-23)20-13-9-8-12-19(20)17-21(24-2)25-22/h8-9,12-13,21H,3-7,10-11,14-18H2,1-2H3/t21-,22+/m0/s1. The number of methoxy groups -OCH3 is 1. The number of hydrogen-bond donors (Lipinski definition) is 0. The number of hydrogen-bond acceptors (Lipinski definition) is 3. The van der Waals surface area contributed by atoms with Crippen molar-refractivity contribution < 1.29 is 9.47 Å². The van der Waals surface area contributed by atoms with Crippen LogP contribution in [-0.2, 0) is 21.5 Å². The fourth-order valence-corrected chi connectivity index (χ4v) is 4.54. The normalized spacial score (nSPS) is 26.7. The molecule has 2 heterocycles. The van der Waals surface area contributed by atoms with Crippen molar-refractivity contribution >= 4 is 0 Å². The van der Waals surface area contributed by atoms with E-state index in [0.717, 1.165) is 19.4 Å². The maximum atomic E-state index is 6.52. The number of rotatable bonds is 8. The van der Waals surface area contributed by atoms with Gasteiger partial charge in [0.05, 0.1) is 0 Å². The molecule has 0 bridgehead atoms. The summed E-state index contributed by atoms with van der Waals surface area (Å²) in [5, 5.41) is 0. The van der Waals surface area contributed by atoms with Gasteiger partial charge in [0.1, 0.15) is 5.60 Å². The Hall–Kier alpha value is -0.900. The van der Waals surface area contributed by atoms with E-state index in [1.54, 1.807) is 7.11 Å². The zero-order chi connectivity index (χ0) is 17.5. The molecule has 140 valence electrons. The van der Waals surface area contributed by atoms with Crippen LogP contribution in [0.4, 0.5) is 0 Å². The third-order valence-corrected chi connectivity index (χ3v) is 5.88. The van der Waals surface area contributed by atoms with Crippen LogP contribution in [0.3, 0.4) is 0 Å². The summed E-state index contributed by atoms with van der Waals surface area (Å²) >= 11 is 0. The molecular formula is C22H35NO2. The van der Waals surface area contributed by atoms with Gasteiger partial charge in [0, 0.05) is 20.1 Å². The largest absolute Gasteiger partial charge is 0.355 e. The van der Waals surface area contributed by atoms with Gasteiger partial charge in [0.25, 0.3) is 0 Å². The SMILES string of the molecule is CCCCCCCCN1CCC[C@]2(C1)O[C@H](OC)Cc1ccccc12. The number of piperidine rings is 1. The topological polar surface area (TPSA) is 21.7 Å². The molecule has 1 aromatic carbocycles. The molecule has 2 aliphatic heterocycles. The predicted octanol–water partition coefficient (Wildman–Crippen LogP) is 4.88. The van der Waals surface area contributed by atoms with E-state index in [-0.39, 0.29) is 11.9 Å². The van der Waals surface area contributed by atoms with Crippen molar-refractivity contribution in [3.05, 3.63) is 35.4 Å². The highest BCUT2D eigenvalue weighted by Crippen LogP contribution is 2.42. The number of ether oxygens (including phenoxy) is 2. The van der Waals surface area contributed by atoms with Crippen LogP contribution < -0.4 is 0 Å². The quantitative estimate of drug-likeness (QED) is 0.627. The first kappa shape index (κ1) is 18.9. The molecule has 0 saturated carbocycles. The minimum Gasteiger partial charge on any atom is -0.355 e. The molecule has 0 aliphatic carbocycles. The zero-order valence-corrected chi connectivity index (χ0v) is 16.1. The van der Waals surface area contributed by atoms with Gasteiger partial charge in [-0.2, -0.15) is 0 Å². The van der Waals surface area contributed by atoms with E-state index in [4.69, 9.17) is 9.47 Å². The van der Waals surface area contributed by atoms with E-state index < -0.39 is 0 Å². The van der Waals surface area contributed by atoms with Gasteiger partial charge >= 0.3 is 0 Å². The monoisotopic (exact) mass is 345 g/mol. The van der Waals surface area contributed by atoms with Crippen molar-refractivity contribution in [3.8, 4) is 0 Å². The highest BCUT2D eigenvalue weighted by Gasteiger charge is 2.44. The number of nitrogens with zero attached hydrogens (tertiary/aromatic N) is 1. The third kappa shape index (κ3) is 4.64. The third-order valence-electron chi connectivity index (χ3n) is 5.88. The Morgan fingerprint density at radius 2 is 1.96 bits per heavy atom. The van der Waals surface area contributed by atoms with E-state index in [9.17, 15) is 0 Å². The van der Waals surface area contributed by atoms with Crippen molar-refractivity contribution in [3.63, 3.8) is 0 Å². The lowest BCUT2D eigenvalue weighted by Crippen LogP contribution is -2.52. The van der Waals surface area contributed by atoms with Gasteiger partial charge in [0.2, 0.25) is 0 Å². The fourth-order valence-electron chi connectivity index (χ4n) is 4.54. The van der Waals surface area contributed by atoms with Gasteiger partial charge in [-0.25, -0.2) is 0 Å². The Morgan fingerprint density at radius 3 is 2.80 bits per heavy atom. The molecule has 0 N–H and O–H groups in total. The highest BCUT2D eigenvalue weighted by molar-refractivity contribution is 5.35. The molecule has 25 heavy (non-hydrogen) atoms. The van der Waals surface area contributed by atoms with E-state index in [1.807, 2.05) is 0 Å². The summed E-state index contributed by atoms with van der Waals surface area (Å²) in [6.45, 7) is 5.71. The molecular weight excluding hydrogens is 310 g/mol. The van der Waals surface area contributed by atoms with Crippen LogP contribution in [0.1, 0.15) is 69.4 Å². The molecule has 1 spiro atoms. The maximum Gasteiger partial charge on any atom is 0.162 e. The molecule has 0 aromatic heterocycles. The van der Waals surface area contributed by atoms with E-state index in [2.05, 4.69) is 36.1 Å². The number of benzene rings is 1. The summed E-state index contributed by atoms with van der Waals surface area (Å²) in [6.07, 6.45) is 11.2. The summed E-state index contributed by atoms with van der Waals surface area (Å²) < 4.78 is 12.1. The molecule has 0 radical (unpaired) electrons. The lowest BCUT2D eigenvalue weighted by molar-refractivity contribution is -0.228. The summed E-state index contributed by atoms with van der Waals surface area (Å²) in [6, 6.07) is 8.82. The predicted molar refractivity (Wildman–Crippen MR) is 103 cm³/mol. The molecule has 1 fully saturated rings. The molecule has 2 aliphatic rings. The lowest BCUT2D eigenvalue weighted by atomic mass is 9.80. The summed E-state index contributed by atoms with van der Waals surface area (Å²) in [7, 11) is 1.77. The first-order chi connectivity index (χ1) is 12.3. The van der Waals surface area contributed by atoms with E-state index >= 15 is 0 Å². The Balaban J connectivity index is 1.61. The minimum absolute atomic E-state index is 0.108. The second-order valence-corrected chi connectivity index (χ2v) is 7.79. The molecule has 1 saturated heterocycles. The smallest absolute Gasteiger partial charge is 0.162 e. The summed E-state index contributed by atoms with van der Waals surface area (Å²) in [5.41, 5.74) is 2.63. The van der Waals surface area contributed by atoms with Gasteiger partial charge in [-0.05, 0) is 43.5 Å². The first-order valence-corrected chi connectivity index (χ1v) is 10.3. The van der Waals surface area contributed by atoms with Crippen molar-refractivity contribution in [2.45, 2.75) is 76.6 Å². The van der Waals surface area contributed by atoms with Gasteiger partial charge in [-0.3, -0.25) is 0 Å². The fraction of sp³-hybridized carbons (Fsp3) is 0.727. The second-order valence-electron chi connectivity index (χ2n) is 7.79. The van der Waals surface area contributed by atoms with Crippen LogP contribution in [0.25, 0.3) is 0 Å². The number of fused-ring (bicyclic) bond motifs is 2. The Kier molecular flexibility index (Phi) is 6.92. The molecule has 1 aromatic rings. The maximum absolute atomic E-state index is 6.52. The zero-order valence-electron chi connectivity index (χ0n) is 16.1. The van der Waals surface area contributed by atoms with Gasteiger partial charge in [0.15, 0.2) is 6.29 Å². The van der Waals surface area contributed by atoms with Gasteiger partial charge < -0.3 is 14.4 Å². The molecule has 3 nitrogen and oxygen atoms in total. The minimum atomic E-state index is -0.171. The Labute approximate surface area is 153 Å². The summed E-state index contributed by atoms with van der Waals surface area (Å²) in [5.74, 6) is 0. The van der Waals surface area contributed by atoms with Crippen LogP contribution in [-0.4, -0.2) is 37.9 Å². The van der Waals surface area contributed by atoms with E-state index in [0.29, 0.717) is 0 Å². The van der Waals surface area contributed by atoms with Crippen LogP contribution in [0.5, 0.6) is 0 Å². The molecule has 3 rings (SSSR count). The average molecular weight is 346 g/mol. The molecule has 0 amide bonds. The van der Waals surface area contributed by atoms with Crippen LogP contribution in [0.2, 0.25) is 0 Å². The summed E-state index contributed by atoms with van der Waals surface area (Å²) in [4.78, 5) is 2.62. The van der Waals surface area contributed by atoms with Crippen LogP contribution in [0.15, 0.2) is 24.3 Å². The molecule has 0 unspecified atom stereocenters. The van der Waals surface area contributed by atoms with Crippen molar-refractivity contribution in [1.82, 2.24) is 4.90 Å². The van der Waals surface area contributed by atoms with Gasteiger partial charge in [-0.15, -0.1) is 0 Å². The lowest BCUT2D eigenvalue weighted by Gasteiger charge is -2.48. The van der Waals surface area contributed by atoms with Gasteiger partial charge in [-0.1, -0.05) is 63.3 Å². The Morgan fingerprint density at radius 1 is 1.16 bits per heavy atom. The molecule has 2 atom stereocenters. The van der Waals surface area contributed by atoms with Crippen molar-refractivity contribution in [1.29, 1.82) is 0 Å². The average Bonchev–Trinajstić information content (AvgIpc) is 2.65. The highest BCUT2D eigenvalue weighted by atomic mass is 16.7. The van der Waals surface area contributed by atoms with Crippen molar-refractivity contribution in [2.75, 3.05) is 26.7 Å². The number of unbranched alkanes of at least 4 members (excludes halogenated alkanes) is 5. The van der Waals surface area contributed by atoms with Crippen LogP contribution in [0, 0.1) is 0 Å². The van der Waals surface area contributed by atoms with Crippen LogP contribution >= 0.6 is 0 Å². The molecule has 3 heteroatoms. The van der Waals surface area contributed by atoms with Crippen molar-refractivity contribution in [2.24, 2.45) is 0 Å².